The average Bonchev–Trinajstić information content (AvgIpc) is 2.66. The van der Waals surface area contributed by atoms with Gasteiger partial charge in [-0.25, -0.2) is 14.4 Å². The number of carbonyl (C=O) groups excluding carboxylic acids is 2. The summed E-state index contributed by atoms with van der Waals surface area (Å²) in [6, 6.07) is 5.59. The second-order valence-electron chi connectivity index (χ2n) is 5.98. The minimum Gasteiger partial charge on any atom is -0.368 e. The third-order valence-electron chi connectivity index (χ3n) is 4.00. The summed E-state index contributed by atoms with van der Waals surface area (Å²) in [5.74, 6) is -1.68. The summed E-state index contributed by atoms with van der Waals surface area (Å²) in [7, 11) is 0. The molecule has 1 unspecified atom stereocenters. The van der Waals surface area contributed by atoms with Gasteiger partial charge in [0.05, 0.1) is 6.20 Å². The Balaban J connectivity index is 1.98. The number of hydrogen-bond acceptors (Lipinski definition) is 7. The molecule has 2 aromatic heterocycles. The number of amides is 2. The second-order valence-corrected chi connectivity index (χ2v) is 5.98. The van der Waals surface area contributed by atoms with E-state index in [0.717, 1.165) is 0 Å². The molecule has 0 bridgehead atoms. The number of fused-ring (bicyclic) bond motifs is 1. The maximum Gasteiger partial charge on any atom is 0.271 e. The topological polar surface area (TPSA) is 149 Å². The second kappa shape index (κ2) is 7.82. The standard InChI is InChI=1S/C18H18FN7O2/c1-2-12(16(20)27)25-13-8-23-15(17(21)28)18(26-13)24-10-6-9-4-3-5-22-14(9)11(19)7-10/h3-8,12H,2H2,1H3,(H2,20,27)(H2,21,28)(H2,24,25,26). The fourth-order valence-electron chi connectivity index (χ4n) is 2.64. The van der Waals surface area contributed by atoms with Gasteiger partial charge in [0.1, 0.15) is 17.4 Å². The van der Waals surface area contributed by atoms with Crippen molar-refractivity contribution >= 4 is 40.0 Å². The van der Waals surface area contributed by atoms with Crippen LogP contribution < -0.4 is 22.1 Å². The molecule has 6 N–H and O–H groups in total. The maximum atomic E-state index is 14.3. The molecule has 0 saturated carbocycles. The molecule has 0 aliphatic rings. The molecule has 2 amide bonds. The van der Waals surface area contributed by atoms with Crippen LogP contribution in [0.1, 0.15) is 23.8 Å². The van der Waals surface area contributed by atoms with Crippen molar-refractivity contribution in [2.75, 3.05) is 10.6 Å². The first kappa shape index (κ1) is 19.0. The normalized spacial score (nSPS) is 11.8. The van der Waals surface area contributed by atoms with Gasteiger partial charge in [0, 0.05) is 17.3 Å². The number of primary amides is 2. The van der Waals surface area contributed by atoms with Crippen LogP contribution >= 0.6 is 0 Å². The van der Waals surface area contributed by atoms with Gasteiger partial charge in [-0.2, -0.15) is 0 Å². The largest absolute Gasteiger partial charge is 0.368 e. The zero-order valence-corrected chi connectivity index (χ0v) is 14.9. The lowest BCUT2D eigenvalue weighted by Gasteiger charge is -2.16. The van der Waals surface area contributed by atoms with E-state index in [9.17, 15) is 14.0 Å². The van der Waals surface area contributed by atoms with Gasteiger partial charge in [-0.05, 0) is 24.6 Å². The zero-order valence-electron chi connectivity index (χ0n) is 14.9. The number of halogens is 1. The Bertz CT molecular complexity index is 1060. The van der Waals surface area contributed by atoms with Crippen LogP contribution in [0.4, 0.5) is 21.7 Å². The van der Waals surface area contributed by atoms with Gasteiger partial charge in [-0.1, -0.05) is 13.0 Å². The van der Waals surface area contributed by atoms with Crippen molar-refractivity contribution in [3.8, 4) is 0 Å². The van der Waals surface area contributed by atoms with Gasteiger partial charge >= 0.3 is 0 Å². The molecule has 0 aliphatic carbocycles. The summed E-state index contributed by atoms with van der Waals surface area (Å²) in [6.45, 7) is 1.78. The van der Waals surface area contributed by atoms with Crippen molar-refractivity contribution in [3.05, 3.63) is 48.2 Å². The Morgan fingerprint density at radius 1 is 1.25 bits per heavy atom. The molecule has 0 fully saturated rings. The minimum absolute atomic E-state index is 0.0134. The van der Waals surface area contributed by atoms with E-state index in [1.54, 1.807) is 25.1 Å². The number of aromatic nitrogens is 3. The number of pyridine rings is 1. The Labute approximate surface area is 159 Å². The lowest BCUT2D eigenvalue weighted by molar-refractivity contribution is -0.118. The van der Waals surface area contributed by atoms with Crippen molar-refractivity contribution < 1.29 is 14.0 Å². The van der Waals surface area contributed by atoms with Crippen LogP contribution in [0.2, 0.25) is 0 Å². The molecule has 10 heteroatoms. The molecule has 144 valence electrons. The first-order valence-corrected chi connectivity index (χ1v) is 8.43. The summed E-state index contributed by atoms with van der Waals surface area (Å²) in [5.41, 5.74) is 11.1. The lowest BCUT2D eigenvalue weighted by Crippen LogP contribution is -2.35. The Morgan fingerprint density at radius 3 is 2.71 bits per heavy atom. The highest BCUT2D eigenvalue weighted by atomic mass is 19.1. The van der Waals surface area contributed by atoms with E-state index in [4.69, 9.17) is 11.5 Å². The number of rotatable bonds is 7. The Morgan fingerprint density at radius 2 is 2.04 bits per heavy atom. The molecule has 1 aromatic carbocycles. The van der Waals surface area contributed by atoms with Crippen LogP contribution in [0.25, 0.3) is 10.9 Å². The monoisotopic (exact) mass is 383 g/mol. The maximum absolute atomic E-state index is 14.3. The number of carbonyl (C=O) groups is 2. The molecule has 0 radical (unpaired) electrons. The van der Waals surface area contributed by atoms with Crippen molar-refractivity contribution in [1.29, 1.82) is 0 Å². The van der Waals surface area contributed by atoms with E-state index in [2.05, 4.69) is 25.6 Å². The highest BCUT2D eigenvalue weighted by Crippen LogP contribution is 2.25. The Hall–Kier alpha value is -3.82. The summed E-state index contributed by atoms with van der Waals surface area (Å²) in [4.78, 5) is 35.3. The first-order valence-electron chi connectivity index (χ1n) is 8.43. The van der Waals surface area contributed by atoms with Crippen molar-refractivity contribution in [2.45, 2.75) is 19.4 Å². The predicted molar refractivity (Wildman–Crippen MR) is 102 cm³/mol. The number of hydrogen-bond donors (Lipinski definition) is 4. The number of anilines is 3. The van der Waals surface area contributed by atoms with Crippen molar-refractivity contribution in [2.24, 2.45) is 11.5 Å². The molecule has 3 aromatic rings. The van der Waals surface area contributed by atoms with Crippen LogP contribution in [0.15, 0.2) is 36.7 Å². The van der Waals surface area contributed by atoms with E-state index >= 15 is 0 Å². The highest BCUT2D eigenvalue weighted by molar-refractivity contribution is 5.97. The van der Waals surface area contributed by atoms with Gasteiger partial charge in [0.15, 0.2) is 17.3 Å². The highest BCUT2D eigenvalue weighted by Gasteiger charge is 2.17. The molecule has 0 saturated heterocycles. The van der Waals surface area contributed by atoms with E-state index in [1.807, 2.05) is 0 Å². The molecule has 1 atom stereocenters. The van der Waals surface area contributed by atoms with Crippen LogP contribution in [0.3, 0.4) is 0 Å². The number of nitrogens with two attached hydrogens (primary N) is 2. The molecule has 9 nitrogen and oxygen atoms in total. The summed E-state index contributed by atoms with van der Waals surface area (Å²) >= 11 is 0. The van der Waals surface area contributed by atoms with Gasteiger partial charge in [0.2, 0.25) is 5.91 Å². The van der Waals surface area contributed by atoms with E-state index in [1.165, 1.54) is 18.5 Å². The third-order valence-corrected chi connectivity index (χ3v) is 4.00. The quantitative estimate of drug-likeness (QED) is 0.485. The lowest BCUT2D eigenvalue weighted by atomic mass is 10.2. The molecule has 0 aliphatic heterocycles. The summed E-state index contributed by atoms with van der Waals surface area (Å²) < 4.78 is 14.3. The number of nitrogens with zero attached hydrogens (tertiary/aromatic N) is 3. The summed E-state index contributed by atoms with van der Waals surface area (Å²) in [5, 5.41) is 6.25. The van der Waals surface area contributed by atoms with E-state index < -0.39 is 23.7 Å². The van der Waals surface area contributed by atoms with Gasteiger partial charge in [0.25, 0.3) is 5.91 Å². The van der Waals surface area contributed by atoms with Gasteiger partial charge in [-0.15, -0.1) is 0 Å². The van der Waals surface area contributed by atoms with E-state index in [-0.39, 0.29) is 22.8 Å². The van der Waals surface area contributed by atoms with Crippen molar-refractivity contribution in [3.63, 3.8) is 0 Å². The van der Waals surface area contributed by atoms with Crippen LogP contribution in [-0.2, 0) is 4.79 Å². The van der Waals surface area contributed by atoms with Crippen LogP contribution in [0.5, 0.6) is 0 Å². The van der Waals surface area contributed by atoms with E-state index in [0.29, 0.717) is 17.5 Å². The van der Waals surface area contributed by atoms with Crippen molar-refractivity contribution in [1.82, 2.24) is 15.0 Å². The fourth-order valence-corrected chi connectivity index (χ4v) is 2.64. The van der Waals surface area contributed by atoms with Gasteiger partial charge in [-0.3, -0.25) is 14.6 Å². The third kappa shape index (κ3) is 3.95. The predicted octanol–water partition coefficient (Wildman–Crippen LogP) is 1.68. The first-order chi connectivity index (χ1) is 13.4. The van der Waals surface area contributed by atoms with Gasteiger partial charge < -0.3 is 22.1 Å². The Kier molecular flexibility index (Phi) is 5.30. The van der Waals surface area contributed by atoms with Crippen LogP contribution in [-0.4, -0.2) is 32.8 Å². The van der Waals surface area contributed by atoms with Crippen LogP contribution in [0, 0.1) is 5.82 Å². The summed E-state index contributed by atoms with van der Waals surface area (Å²) in [6.07, 6.45) is 3.19. The zero-order chi connectivity index (χ0) is 20.3. The number of benzene rings is 1. The molecular weight excluding hydrogens is 365 g/mol. The minimum atomic E-state index is -0.813. The SMILES string of the molecule is CCC(Nc1cnc(C(N)=O)c(Nc2cc(F)c3ncccc3c2)n1)C(N)=O. The molecule has 3 rings (SSSR count). The molecular formula is C18H18FN7O2. The fraction of sp³-hybridized carbons (Fsp3) is 0.167. The number of nitrogens with one attached hydrogen (secondary N) is 2. The molecule has 28 heavy (non-hydrogen) atoms. The molecule has 2 heterocycles. The smallest absolute Gasteiger partial charge is 0.271 e. The molecule has 0 spiro atoms. The average molecular weight is 383 g/mol.